The molecule has 0 radical (unpaired) electrons. The normalized spacial score (nSPS) is 18.4. The summed E-state index contributed by atoms with van der Waals surface area (Å²) in [4.78, 5) is 32.4. The number of piperidine rings is 2. The van der Waals surface area contributed by atoms with Crippen molar-refractivity contribution in [3.8, 4) is 5.75 Å². The van der Waals surface area contributed by atoms with Gasteiger partial charge in [-0.1, -0.05) is 23.2 Å². The quantitative estimate of drug-likeness (QED) is 0.341. The Labute approximate surface area is 231 Å². The summed E-state index contributed by atoms with van der Waals surface area (Å²) in [6, 6.07) is 10.3. The lowest BCUT2D eigenvalue weighted by Crippen LogP contribution is -2.52. The van der Waals surface area contributed by atoms with E-state index in [1.54, 1.807) is 30.2 Å². The molecule has 2 aromatic carbocycles. The number of H-pyrrole nitrogens is 1. The van der Waals surface area contributed by atoms with E-state index in [0.29, 0.717) is 47.6 Å². The van der Waals surface area contributed by atoms with Crippen LogP contribution in [-0.2, 0) is 4.79 Å². The Morgan fingerprint density at radius 2 is 1.76 bits per heavy atom. The minimum Gasteiger partial charge on any atom is -0.497 e. The van der Waals surface area contributed by atoms with Crippen LogP contribution in [0.25, 0.3) is 10.9 Å². The van der Waals surface area contributed by atoms with Gasteiger partial charge in [0, 0.05) is 41.9 Å². The first-order valence-corrected chi connectivity index (χ1v) is 13.7. The van der Waals surface area contributed by atoms with Crippen LogP contribution in [0, 0.1) is 5.92 Å². The van der Waals surface area contributed by atoms with Crippen LogP contribution in [0.15, 0.2) is 42.6 Å². The number of nitrogens with zero attached hydrogens (tertiary/aromatic N) is 2. The standard InChI is InChI=1S/C28H32Cl2N4O4/c1-38-20-3-4-21-22(16-31-25(21)15-20)17-6-10-33(11-7-17)26(27(35)36)18-8-12-34(13-9-18)28(37)32-19-2-5-23(29)24(30)14-19/h2-5,14-18,26,31H,6-13H2,1H3,(H,32,37)(H,35,36). The van der Waals surface area contributed by atoms with Crippen LogP contribution in [0.1, 0.15) is 37.2 Å². The highest BCUT2D eigenvalue weighted by Crippen LogP contribution is 2.36. The maximum absolute atomic E-state index is 12.8. The van der Waals surface area contributed by atoms with Gasteiger partial charge in [0.05, 0.1) is 17.2 Å². The lowest BCUT2D eigenvalue weighted by atomic mass is 9.84. The van der Waals surface area contributed by atoms with Gasteiger partial charge in [-0.25, -0.2) is 4.79 Å². The summed E-state index contributed by atoms with van der Waals surface area (Å²) in [5.74, 6) is 0.428. The molecule has 3 N–H and O–H groups in total. The molecule has 0 bridgehead atoms. The van der Waals surface area contributed by atoms with E-state index in [-0.39, 0.29) is 11.9 Å². The molecule has 202 valence electrons. The van der Waals surface area contributed by atoms with E-state index in [4.69, 9.17) is 27.9 Å². The van der Waals surface area contributed by atoms with Gasteiger partial charge in [0.15, 0.2) is 0 Å². The van der Waals surface area contributed by atoms with Gasteiger partial charge < -0.3 is 25.0 Å². The van der Waals surface area contributed by atoms with Crippen molar-refractivity contribution in [2.75, 3.05) is 38.6 Å². The van der Waals surface area contributed by atoms with Crippen LogP contribution < -0.4 is 10.1 Å². The van der Waals surface area contributed by atoms with Crippen molar-refractivity contribution >= 4 is 51.8 Å². The van der Waals surface area contributed by atoms with Crippen molar-refractivity contribution in [1.82, 2.24) is 14.8 Å². The molecule has 2 amide bonds. The Morgan fingerprint density at radius 3 is 2.42 bits per heavy atom. The first kappa shape index (κ1) is 26.7. The van der Waals surface area contributed by atoms with E-state index in [1.807, 2.05) is 12.1 Å². The molecule has 38 heavy (non-hydrogen) atoms. The number of hydrogen-bond acceptors (Lipinski definition) is 4. The third kappa shape index (κ3) is 5.58. The summed E-state index contributed by atoms with van der Waals surface area (Å²) in [5, 5.41) is 15.0. The summed E-state index contributed by atoms with van der Waals surface area (Å²) in [7, 11) is 1.66. The molecule has 1 aromatic heterocycles. The molecule has 0 spiro atoms. The number of rotatable bonds is 6. The number of benzene rings is 2. The molecule has 2 aliphatic heterocycles. The smallest absolute Gasteiger partial charge is 0.321 e. The number of halogens is 2. The Hall–Kier alpha value is -2.94. The van der Waals surface area contributed by atoms with E-state index in [2.05, 4.69) is 27.5 Å². The fourth-order valence-electron chi connectivity index (χ4n) is 5.93. The number of fused-ring (bicyclic) bond motifs is 1. The second-order valence-electron chi connectivity index (χ2n) is 10.1. The van der Waals surface area contributed by atoms with Crippen molar-refractivity contribution in [3.63, 3.8) is 0 Å². The molecule has 2 aliphatic rings. The molecule has 0 aliphatic carbocycles. The molecular weight excluding hydrogens is 527 g/mol. The molecule has 10 heteroatoms. The summed E-state index contributed by atoms with van der Waals surface area (Å²) < 4.78 is 5.34. The molecule has 2 fully saturated rings. The van der Waals surface area contributed by atoms with Gasteiger partial charge >= 0.3 is 12.0 Å². The van der Waals surface area contributed by atoms with Crippen molar-refractivity contribution in [2.24, 2.45) is 5.92 Å². The molecule has 1 atom stereocenters. The predicted molar refractivity (Wildman–Crippen MR) is 150 cm³/mol. The number of aromatic amines is 1. The average molecular weight is 559 g/mol. The number of amides is 2. The fraction of sp³-hybridized carbons (Fsp3) is 0.429. The van der Waals surface area contributed by atoms with E-state index >= 15 is 0 Å². The van der Waals surface area contributed by atoms with E-state index < -0.39 is 12.0 Å². The number of aromatic nitrogens is 1. The lowest BCUT2D eigenvalue weighted by molar-refractivity contribution is -0.146. The van der Waals surface area contributed by atoms with E-state index in [0.717, 1.165) is 37.2 Å². The first-order chi connectivity index (χ1) is 18.3. The summed E-state index contributed by atoms with van der Waals surface area (Å²) >= 11 is 12.0. The van der Waals surface area contributed by atoms with Crippen molar-refractivity contribution in [2.45, 2.75) is 37.6 Å². The van der Waals surface area contributed by atoms with Crippen molar-refractivity contribution in [3.05, 3.63) is 58.2 Å². The fourth-order valence-corrected chi connectivity index (χ4v) is 6.23. The van der Waals surface area contributed by atoms with Crippen LogP contribution in [0.3, 0.4) is 0 Å². The summed E-state index contributed by atoms with van der Waals surface area (Å²) in [5.41, 5.74) is 2.92. The van der Waals surface area contributed by atoms with Crippen LogP contribution in [0.2, 0.25) is 10.0 Å². The third-order valence-electron chi connectivity index (χ3n) is 7.98. The third-order valence-corrected chi connectivity index (χ3v) is 8.72. The Balaban J connectivity index is 1.17. The van der Waals surface area contributed by atoms with E-state index in [9.17, 15) is 14.7 Å². The number of carbonyl (C=O) groups excluding carboxylic acids is 1. The van der Waals surface area contributed by atoms with Crippen molar-refractivity contribution in [1.29, 1.82) is 0 Å². The molecule has 5 rings (SSSR count). The average Bonchev–Trinajstić information content (AvgIpc) is 3.34. The minimum absolute atomic E-state index is 0.00127. The van der Waals surface area contributed by atoms with Crippen molar-refractivity contribution < 1.29 is 19.4 Å². The second kappa shape index (κ2) is 11.4. The highest BCUT2D eigenvalue weighted by Gasteiger charge is 2.38. The molecule has 2 saturated heterocycles. The number of likely N-dealkylation sites (tertiary alicyclic amines) is 2. The largest absolute Gasteiger partial charge is 0.497 e. The first-order valence-electron chi connectivity index (χ1n) is 13.0. The lowest BCUT2D eigenvalue weighted by Gasteiger charge is -2.41. The van der Waals surface area contributed by atoms with Gasteiger partial charge in [-0.2, -0.15) is 0 Å². The minimum atomic E-state index is -0.777. The van der Waals surface area contributed by atoms with Crippen LogP contribution in [0.4, 0.5) is 10.5 Å². The Kier molecular flexibility index (Phi) is 8.02. The molecular formula is C28H32Cl2N4O4. The number of aliphatic carboxylic acids is 1. The molecule has 8 nitrogen and oxygen atoms in total. The maximum Gasteiger partial charge on any atom is 0.321 e. The van der Waals surface area contributed by atoms with Crippen LogP contribution in [-0.4, -0.2) is 71.2 Å². The monoisotopic (exact) mass is 558 g/mol. The molecule has 3 heterocycles. The molecule has 1 unspecified atom stereocenters. The number of carbonyl (C=O) groups is 2. The highest BCUT2D eigenvalue weighted by molar-refractivity contribution is 6.42. The van der Waals surface area contributed by atoms with Crippen LogP contribution >= 0.6 is 23.2 Å². The highest BCUT2D eigenvalue weighted by atomic mass is 35.5. The van der Waals surface area contributed by atoms with Gasteiger partial charge in [0.25, 0.3) is 0 Å². The Morgan fingerprint density at radius 1 is 1.03 bits per heavy atom. The number of carboxylic acids is 1. The van der Waals surface area contributed by atoms with E-state index in [1.165, 1.54) is 10.9 Å². The summed E-state index contributed by atoms with van der Waals surface area (Å²) in [6.07, 6.45) is 5.20. The zero-order valence-electron chi connectivity index (χ0n) is 21.3. The number of nitrogens with one attached hydrogen (secondary N) is 2. The SMILES string of the molecule is COc1ccc2c(C3CCN(C(C(=O)O)C4CCN(C(=O)Nc5ccc(Cl)c(Cl)c5)CC4)CC3)c[nH]c2c1. The number of carboxylic acid groups (broad SMARTS) is 1. The number of anilines is 1. The van der Waals surface area contributed by atoms with Crippen LogP contribution in [0.5, 0.6) is 5.75 Å². The number of urea groups is 1. The molecule has 3 aromatic rings. The van der Waals surface area contributed by atoms with Gasteiger partial charge in [-0.05, 0) is 86.5 Å². The van der Waals surface area contributed by atoms with Gasteiger partial charge in [-0.15, -0.1) is 0 Å². The van der Waals surface area contributed by atoms with Gasteiger partial charge in [-0.3, -0.25) is 9.69 Å². The zero-order valence-corrected chi connectivity index (χ0v) is 22.8. The predicted octanol–water partition coefficient (Wildman–Crippen LogP) is 6.06. The second-order valence-corrected chi connectivity index (χ2v) is 10.9. The number of methoxy groups -OCH3 is 1. The Bertz CT molecular complexity index is 1310. The number of ether oxygens (including phenoxy) is 1. The maximum atomic E-state index is 12.8. The summed E-state index contributed by atoms with van der Waals surface area (Å²) in [6.45, 7) is 2.50. The number of hydrogen-bond donors (Lipinski definition) is 3. The topological polar surface area (TPSA) is 97.9 Å². The molecule has 0 saturated carbocycles. The van der Waals surface area contributed by atoms with Gasteiger partial charge in [0.2, 0.25) is 0 Å². The van der Waals surface area contributed by atoms with Gasteiger partial charge in [0.1, 0.15) is 11.8 Å². The zero-order chi connectivity index (χ0) is 26.8.